The molecule has 3 aromatic carbocycles. The molecule has 158 valence electrons. The molecule has 0 atom stereocenters. The lowest BCUT2D eigenvalue weighted by Gasteiger charge is -2.07. The minimum atomic E-state index is -0.184. The van der Waals surface area contributed by atoms with Crippen molar-refractivity contribution >= 4 is 22.4 Å². The standard InChI is InChI=1S/C25H19N3O3S/c1-30-20-13-12-19(15-21(20)31-2)23-26-25-28(27-23)24(29)22(32-25)14-16-8-10-18(11-9-16)17-6-4-3-5-7-17/h3-15H,1-2H3/b22-14-. The van der Waals surface area contributed by atoms with Crippen LogP contribution in [0.3, 0.4) is 0 Å². The summed E-state index contributed by atoms with van der Waals surface area (Å²) in [6, 6.07) is 23.7. The fourth-order valence-corrected chi connectivity index (χ4v) is 4.39. The first-order chi connectivity index (χ1) is 15.7. The van der Waals surface area contributed by atoms with Gasteiger partial charge in [-0.2, -0.15) is 9.50 Å². The third-order valence-corrected chi connectivity index (χ3v) is 6.10. The number of methoxy groups -OCH3 is 2. The van der Waals surface area contributed by atoms with Crippen LogP contribution in [0.15, 0.2) is 77.6 Å². The lowest BCUT2D eigenvalue weighted by atomic mass is 10.0. The maximum Gasteiger partial charge on any atom is 0.291 e. The first-order valence-corrected chi connectivity index (χ1v) is 10.8. The van der Waals surface area contributed by atoms with Crippen molar-refractivity contribution in [3.05, 3.63) is 93.2 Å². The number of rotatable bonds is 5. The Morgan fingerprint density at radius 3 is 2.22 bits per heavy atom. The molecule has 0 aliphatic carbocycles. The second-order valence-electron chi connectivity index (χ2n) is 7.10. The molecule has 0 N–H and O–H groups in total. The highest BCUT2D eigenvalue weighted by Gasteiger charge is 2.14. The van der Waals surface area contributed by atoms with Crippen LogP contribution in [0, 0.1) is 0 Å². The normalized spacial score (nSPS) is 11.8. The van der Waals surface area contributed by atoms with Crippen molar-refractivity contribution in [2.75, 3.05) is 14.2 Å². The smallest absolute Gasteiger partial charge is 0.291 e. The molecular formula is C25H19N3O3S. The summed E-state index contributed by atoms with van der Waals surface area (Å²) in [5.74, 6) is 1.67. The Balaban J connectivity index is 1.48. The highest BCUT2D eigenvalue weighted by Crippen LogP contribution is 2.31. The number of fused-ring (bicyclic) bond motifs is 1. The van der Waals surface area contributed by atoms with Crippen LogP contribution in [-0.2, 0) is 0 Å². The quantitative estimate of drug-likeness (QED) is 0.412. The van der Waals surface area contributed by atoms with Gasteiger partial charge in [-0.1, -0.05) is 65.9 Å². The van der Waals surface area contributed by atoms with Gasteiger partial charge in [0.15, 0.2) is 17.3 Å². The van der Waals surface area contributed by atoms with Crippen molar-refractivity contribution < 1.29 is 9.47 Å². The first-order valence-electron chi connectivity index (χ1n) is 9.95. The van der Waals surface area contributed by atoms with E-state index in [1.807, 2.05) is 42.5 Å². The number of hydrogen-bond donors (Lipinski definition) is 0. The Hall–Kier alpha value is -3.97. The van der Waals surface area contributed by atoms with Gasteiger partial charge in [-0.3, -0.25) is 4.79 Å². The van der Waals surface area contributed by atoms with E-state index in [9.17, 15) is 4.79 Å². The van der Waals surface area contributed by atoms with Crippen LogP contribution in [0.2, 0.25) is 0 Å². The van der Waals surface area contributed by atoms with Gasteiger partial charge in [0.2, 0.25) is 4.96 Å². The fraction of sp³-hybridized carbons (Fsp3) is 0.0800. The topological polar surface area (TPSA) is 65.7 Å². The predicted molar refractivity (Wildman–Crippen MR) is 126 cm³/mol. The molecule has 0 fully saturated rings. The molecule has 5 rings (SSSR count). The summed E-state index contributed by atoms with van der Waals surface area (Å²) >= 11 is 1.32. The lowest BCUT2D eigenvalue weighted by Crippen LogP contribution is -2.23. The van der Waals surface area contributed by atoms with Crippen molar-refractivity contribution in [2.45, 2.75) is 0 Å². The van der Waals surface area contributed by atoms with Gasteiger partial charge in [0.25, 0.3) is 5.56 Å². The molecule has 32 heavy (non-hydrogen) atoms. The van der Waals surface area contributed by atoms with E-state index in [0.717, 1.165) is 22.3 Å². The summed E-state index contributed by atoms with van der Waals surface area (Å²) in [4.78, 5) is 18.0. The number of nitrogens with zero attached hydrogens (tertiary/aromatic N) is 3. The van der Waals surface area contributed by atoms with Crippen LogP contribution in [-0.4, -0.2) is 28.8 Å². The minimum absolute atomic E-state index is 0.184. The molecule has 6 nitrogen and oxygen atoms in total. The summed E-state index contributed by atoms with van der Waals surface area (Å²) in [6.07, 6.45) is 1.87. The second-order valence-corrected chi connectivity index (χ2v) is 8.11. The summed E-state index contributed by atoms with van der Waals surface area (Å²) < 4.78 is 12.6. The molecule has 0 spiro atoms. The fourth-order valence-electron chi connectivity index (χ4n) is 3.49. The van der Waals surface area contributed by atoms with Crippen molar-refractivity contribution in [3.63, 3.8) is 0 Å². The third kappa shape index (κ3) is 3.63. The van der Waals surface area contributed by atoms with E-state index in [-0.39, 0.29) is 5.56 Å². The van der Waals surface area contributed by atoms with Crippen LogP contribution >= 0.6 is 11.3 Å². The molecule has 0 aliphatic heterocycles. The molecule has 0 bridgehead atoms. The molecule has 0 radical (unpaired) electrons. The molecule has 0 saturated heterocycles. The van der Waals surface area contributed by atoms with E-state index in [0.29, 0.717) is 26.8 Å². The summed E-state index contributed by atoms with van der Waals surface area (Å²) in [5.41, 5.74) is 3.81. The van der Waals surface area contributed by atoms with E-state index in [2.05, 4.69) is 34.3 Å². The van der Waals surface area contributed by atoms with Crippen molar-refractivity contribution in [2.24, 2.45) is 0 Å². The summed E-state index contributed by atoms with van der Waals surface area (Å²) in [6.45, 7) is 0. The van der Waals surface area contributed by atoms with Gasteiger partial charge < -0.3 is 9.47 Å². The second kappa shape index (κ2) is 8.28. The van der Waals surface area contributed by atoms with E-state index in [1.54, 1.807) is 26.4 Å². The van der Waals surface area contributed by atoms with Crippen LogP contribution in [0.25, 0.3) is 33.6 Å². The monoisotopic (exact) mass is 441 g/mol. The molecule has 7 heteroatoms. The molecule has 2 heterocycles. The van der Waals surface area contributed by atoms with Crippen LogP contribution < -0.4 is 19.6 Å². The van der Waals surface area contributed by atoms with Crippen molar-refractivity contribution in [1.29, 1.82) is 0 Å². The first kappa shape index (κ1) is 20.0. The number of benzene rings is 3. The molecule has 2 aromatic heterocycles. The maximum atomic E-state index is 12.9. The number of hydrogen-bond acceptors (Lipinski definition) is 6. The van der Waals surface area contributed by atoms with Gasteiger partial charge in [0.05, 0.1) is 18.8 Å². The SMILES string of the molecule is COc1ccc(-c2nc3s/c(=C\c4ccc(-c5ccccc5)cc4)c(=O)n3n2)cc1OC. The van der Waals surface area contributed by atoms with Gasteiger partial charge in [0.1, 0.15) is 0 Å². The average molecular weight is 442 g/mol. The Morgan fingerprint density at radius 2 is 1.53 bits per heavy atom. The maximum absolute atomic E-state index is 12.9. The third-order valence-electron chi connectivity index (χ3n) is 5.14. The van der Waals surface area contributed by atoms with Gasteiger partial charge in [0, 0.05) is 5.56 Å². The zero-order valence-corrected chi connectivity index (χ0v) is 18.3. The van der Waals surface area contributed by atoms with Crippen molar-refractivity contribution in [1.82, 2.24) is 14.6 Å². The highest BCUT2D eigenvalue weighted by atomic mass is 32.1. The molecule has 0 aliphatic rings. The Bertz CT molecular complexity index is 1510. The zero-order valence-electron chi connectivity index (χ0n) is 17.5. The predicted octanol–water partition coefficient (Wildman–Crippen LogP) is 4.05. The van der Waals surface area contributed by atoms with Gasteiger partial charge in [-0.05, 0) is 41.0 Å². The average Bonchev–Trinajstić information content (AvgIpc) is 3.39. The summed E-state index contributed by atoms with van der Waals surface area (Å²) in [5, 5.41) is 4.42. The van der Waals surface area contributed by atoms with Gasteiger partial charge in [-0.15, -0.1) is 5.10 Å². The van der Waals surface area contributed by atoms with Crippen LogP contribution in [0.5, 0.6) is 11.5 Å². The Labute approximate surface area is 188 Å². The summed E-state index contributed by atoms with van der Waals surface area (Å²) in [7, 11) is 3.16. The zero-order chi connectivity index (χ0) is 22.1. The van der Waals surface area contributed by atoms with Gasteiger partial charge in [-0.25, -0.2) is 0 Å². The van der Waals surface area contributed by atoms with Crippen molar-refractivity contribution in [3.8, 4) is 34.0 Å². The lowest BCUT2D eigenvalue weighted by molar-refractivity contribution is 0.355. The van der Waals surface area contributed by atoms with E-state index >= 15 is 0 Å². The largest absolute Gasteiger partial charge is 0.493 e. The number of thiazole rings is 1. The van der Waals surface area contributed by atoms with E-state index < -0.39 is 0 Å². The Kier molecular flexibility index (Phi) is 5.17. The Morgan fingerprint density at radius 1 is 0.844 bits per heavy atom. The number of aromatic nitrogens is 3. The molecule has 5 aromatic rings. The minimum Gasteiger partial charge on any atom is -0.493 e. The van der Waals surface area contributed by atoms with Crippen LogP contribution in [0.4, 0.5) is 0 Å². The van der Waals surface area contributed by atoms with E-state index in [4.69, 9.17) is 9.47 Å². The van der Waals surface area contributed by atoms with E-state index in [1.165, 1.54) is 15.9 Å². The van der Waals surface area contributed by atoms with Crippen LogP contribution in [0.1, 0.15) is 5.56 Å². The highest BCUT2D eigenvalue weighted by molar-refractivity contribution is 7.15. The van der Waals surface area contributed by atoms with Gasteiger partial charge >= 0.3 is 0 Å². The molecule has 0 saturated carbocycles. The number of ether oxygens (including phenoxy) is 2. The molecule has 0 unspecified atom stereocenters. The molecular weight excluding hydrogens is 422 g/mol. The molecule has 0 amide bonds.